The van der Waals surface area contributed by atoms with Gasteiger partial charge in [0.1, 0.15) is 0 Å². The van der Waals surface area contributed by atoms with Crippen LogP contribution in [0.4, 0.5) is 0 Å². The van der Waals surface area contributed by atoms with Crippen molar-refractivity contribution in [2.24, 2.45) is 4.99 Å². The van der Waals surface area contributed by atoms with Crippen LogP contribution in [0, 0.1) is 6.92 Å². The van der Waals surface area contributed by atoms with Crippen LogP contribution in [-0.2, 0) is 6.54 Å². The number of aliphatic imine (C=N–C) groups is 1. The number of aromatic nitrogens is 1. The van der Waals surface area contributed by atoms with E-state index >= 15 is 0 Å². The minimum atomic E-state index is 0.106. The molecular weight excluding hydrogens is 296 g/mol. The van der Waals surface area contributed by atoms with Gasteiger partial charge in [0.05, 0.1) is 18.3 Å². The molecule has 0 saturated heterocycles. The van der Waals surface area contributed by atoms with Gasteiger partial charge in [0, 0.05) is 18.3 Å². The molecule has 0 radical (unpaired) electrons. The number of benzene rings is 1. The SMILES string of the molecule is CN=C(NCc1ncccc1C)NC(C)c1cccc(Cl)c1. The van der Waals surface area contributed by atoms with Gasteiger partial charge in [0.2, 0.25) is 0 Å². The molecule has 0 fully saturated rings. The summed E-state index contributed by atoms with van der Waals surface area (Å²) in [7, 11) is 1.76. The molecule has 1 unspecified atom stereocenters. The minimum absolute atomic E-state index is 0.106. The topological polar surface area (TPSA) is 49.3 Å². The third-order valence-corrected chi connectivity index (χ3v) is 3.70. The fourth-order valence-electron chi connectivity index (χ4n) is 2.13. The van der Waals surface area contributed by atoms with Crippen molar-refractivity contribution in [3.8, 4) is 0 Å². The van der Waals surface area contributed by atoms with Crippen LogP contribution in [0.1, 0.15) is 29.8 Å². The van der Waals surface area contributed by atoms with Crippen LogP contribution < -0.4 is 10.6 Å². The van der Waals surface area contributed by atoms with Gasteiger partial charge in [0.25, 0.3) is 0 Å². The Bertz CT molecular complexity index is 655. The first kappa shape index (κ1) is 16.3. The minimum Gasteiger partial charge on any atom is -0.351 e. The van der Waals surface area contributed by atoms with Gasteiger partial charge in [-0.3, -0.25) is 9.98 Å². The molecule has 0 aliphatic rings. The van der Waals surface area contributed by atoms with E-state index in [4.69, 9.17) is 11.6 Å². The summed E-state index contributed by atoms with van der Waals surface area (Å²) >= 11 is 6.04. The van der Waals surface area contributed by atoms with Gasteiger partial charge >= 0.3 is 0 Å². The standard InChI is InChI=1S/C17H21ClN4/c1-12-6-5-9-20-16(12)11-21-17(19-3)22-13(2)14-7-4-8-15(18)10-14/h4-10,13H,11H2,1-3H3,(H2,19,21,22). The zero-order valence-corrected chi connectivity index (χ0v) is 13.9. The lowest BCUT2D eigenvalue weighted by molar-refractivity contribution is 0.682. The Morgan fingerprint density at radius 2 is 2.14 bits per heavy atom. The van der Waals surface area contributed by atoms with Crippen LogP contribution in [-0.4, -0.2) is 18.0 Å². The number of hydrogen-bond donors (Lipinski definition) is 2. The average molecular weight is 317 g/mol. The van der Waals surface area contributed by atoms with Crippen LogP contribution in [0.3, 0.4) is 0 Å². The third-order valence-electron chi connectivity index (χ3n) is 3.47. The number of halogens is 1. The van der Waals surface area contributed by atoms with Crippen molar-refractivity contribution in [3.05, 3.63) is 64.4 Å². The largest absolute Gasteiger partial charge is 0.351 e. The second kappa shape index (κ2) is 7.80. The molecule has 1 atom stereocenters. The summed E-state index contributed by atoms with van der Waals surface area (Å²) in [5, 5.41) is 7.37. The summed E-state index contributed by atoms with van der Waals surface area (Å²) < 4.78 is 0. The van der Waals surface area contributed by atoms with E-state index in [0.29, 0.717) is 6.54 Å². The number of guanidine groups is 1. The Morgan fingerprint density at radius 3 is 2.82 bits per heavy atom. The van der Waals surface area contributed by atoms with E-state index in [9.17, 15) is 0 Å². The van der Waals surface area contributed by atoms with Crippen LogP contribution >= 0.6 is 11.6 Å². The predicted molar refractivity (Wildman–Crippen MR) is 92.2 cm³/mol. The van der Waals surface area contributed by atoms with Crippen molar-refractivity contribution in [1.29, 1.82) is 0 Å². The van der Waals surface area contributed by atoms with E-state index in [2.05, 4.69) is 40.5 Å². The van der Waals surface area contributed by atoms with E-state index in [0.717, 1.165) is 27.8 Å². The zero-order valence-electron chi connectivity index (χ0n) is 13.1. The maximum Gasteiger partial charge on any atom is 0.191 e. The highest BCUT2D eigenvalue weighted by Gasteiger charge is 2.08. The van der Waals surface area contributed by atoms with Crippen molar-refractivity contribution in [2.45, 2.75) is 26.4 Å². The fourth-order valence-corrected chi connectivity index (χ4v) is 2.33. The Morgan fingerprint density at radius 1 is 1.32 bits per heavy atom. The molecule has 116 valence electrons. The first-order valence-electron chi connectivity index (χ1n) is 7.23. The monoisotopic (exact) mass is 316 g/mol. The van der Waals surface area contributed by atoms with Gasteiger partial charge in [-0.25, -0.2) is 0 Å². The van der Waals surface area contributed by atoms with Crippen LogP contribution in [0.5, 0.6) is 0 Å². The van der Waals surface area contributed by atoms with E-state index < -0.39 is 0 Å². The molecule has 0 amide bonds. The third kappa shape index (κ3) is 4.46. The zero-order chi connectivity index (χ0) is 15.9. The summed E-state index contributed by atoms with van der Waals surface area (Å²) in [4.78, 5) is 8.63. The van der Waals surface area contributed by atoms with Crippen molar-refractivity contribution >= 4 is 17.6 Å². The van der Waals surface area contributed by atoms with Crippen molar-refractivity contribution < 1.29 is 0 Å². The number of nitrogens with one attached hydrogen (secondary N) is 2. The van der Waals surface area contributed by atoms with Crippen molar-refractivity contribution in [2.75, 3.05) is 7.05 Å². The van der Waals surface area contributed by atoms with Gasteiger partial charge in [-0.1, -0.05) is 29.8 Å². The smallest absolute Gasteiger partial charge is 0.191 e. The molecule has 0 spiro atoms. The summed E-state index contributed by atoms with van der Waals surface area (Å²) in [5.41, 5.74) is 3.29. The first-order chi connectivity index (χ1) is 10.6. The number of nitrogens with zero attached hydrogens (tertiary/aromatic N) is 2. The van der Waals surface area contributed by atoms with Gasteiger partial charge in [-0.2, -0.15) is 0 Å². The number of aryl methyl sites for hydroxylation is 1. The Labute approximate surface area is 136 Å². The van der Waals surface area contributed by atoms with Gasteiger partial charge in [0.15, 0.2) is 5.96 Å². The molecule has 0 saturated carbocycles. The molecule has 0 bridgehead atoms. The summed E-state index contributed by atoms with van der Waals surface area (Å²) in [6, 6.07) is 11.9. The quantitative estimate of drug-likeness (QED) is 0.671. The molecule has 2 aromatic rings. The van der Waals surface area contributed by atoms with Crippen LogP contribution in [0.25, 0.3) is 0 Å². The second-order valence-electron chi connectivity index (χ2n) is 5.11. The summed E-state index contributed by atoms with van der Waals surface area (Å²) in [5.74, 6) is 0.734. The molecule has 22 heavy (non-hydrogen) atoms. The van der Waals surface area contributed by atoms with Crippen molar-refractivity contribution in [3.63, 3.8) is 0 Å². The molecule has 0 aliphatic heterocycles. The normalized spacial score (nSPS) is 12.8. The Kier molecular flexibility index (Phi) is 5.78. The predicted octanol–water partition coefficient (Wildman–Crippen LogP) is 3.47. The highest BCUT2D eigenvalue weighted by Crippen LogP contribution is 2.17. The fraction of sp³-hybridized carbons (Fsp3) is 0.294. The van der Waals surface area contributed by atoms with E-state index in [1.807, 2.05) is 30.3 Å². The molecule has 2 N–H and O–H groups in total. The molecule has 4 nitrogen and oxygen atoms in total. The lowest BCUT2D eigenvalue weighted by atomic mass is 10.1. The Balaban J connectivity index is 1.97. The maximum atomic E-state index is 6.04. The number of hydrogen-bond acceptors (Lipinski definition) is 2. The molecule has 1 aromatic heterocycles. The average Bonchev–Trinajstić information content (AvgIpc) is 2.52. The maximum absolute atomic E-state index is 6.04. The summed E-state index contributed by atoms with van der Waals surface area (Å²) in [6.45, 7) is 4.76. The summed E-state index contributed by atoms with van der Waals surface area (Å²) in [6.07, 6.45) is 1.80. The Hall–Kier alpha value is -2.07. The molecule has 2 rings (SSSR count). The molecular formula is C17H21ClN4. The lowest BCUT2D eigenvalue weighted by Gasteiger charge is -2.18. The second-order valence-corrected chi connectivity index (χ2v) is 5.55. The van der Waals surface area contributed by atoms with Gasteiger partial charge < -0.3 is 10.6 Å². The van der Waals surface area contributed by atoms with E-state index in [-0.39, 0.29) is 6.04 Å². The molecule has 5 heteroatoms. The lowest BCUT2D eigenvalue weighted by Crippen LogP contribution is -2.38. The van der Waals surface area contributed by atoms with Gasteiger partial charge in [-0.05, 0) is 43.2 Å². The molecule has 1 heterocycles. The van der Waals surface area contributed by atoms with E-state index in [1.54, 1.807) is 13.2 Å². The first-order valence-corrected chi connectivity index (χ1v) is 7.61. The van der Waals surface area contributed by atoms with Crippen LogP contribution in [0.2, 0.25) is 5.02 Å². The molecule has 1 aromatic carbocycles. The molecule has 0 aliphatic carbocycles. The number of pyridine rings is 1. The van der Waals surface area contributed by atoms with Crippen molar-refractivity contribution in [1.82, 2.24) is 15.6 Å². The van der Waals surface area contributed by atoms with Gasteiger partial charge in [-0.15, -0.1) is 0 Å². The number of rotatable bonds is 4. The van der Waals surface area contributed by atoms with Crippen LogP contribution in [0.15, 0.2) is 47.6 Å². The highest BCUT2D eigenvalue weighted by molar-refractivity contribution is 6.30. The van der Waals surface area contributed by atoms with E-state index in [1.165, 1.54) is 0 Å². The highest BCUT2D eigenvalue weighted by atomic mass is 35.5.